The number of hydrogen-bond donors (Lipinski definition) is 1. The predicted molar refractivity (Wildman–Crippen MR) is 93.2 cm³/mol. The van der Waals surface area contributed by atoms with Gasteiger partial charge in [-0.2, -0.15) is 13.2 Å². The van der Waals surface area contributed by atoms with E-state index in [1.54, 1.807) is 16.0 Å². The van der Waals surface area contributed by atoms with Crippen LogP contribution in [0.25, 0.3) is 16.2 Å². The molecule has 1 aromatic carbocycles. The van der Waals surface area contributed by atoms with Crippen LogP contribution in [0.5, 0.6) is 0 Å². The maximum Gasteiger partial charge on any atom is 0.416 e. The molecule has 1 N–H and O–H groups in total. The van der Waals surface area contributed by atoms with Crippen LogP contribution in [-0.2, 0) is 6.18 Å². The Balaban J connectivity index is 1.60. The fourth-order valence-corrected chi connectivity index (χ4v) is 3.76. The first kappa shape index (κ1) is 17.1. The summed E-state index contributed by atoms with van der Waals surface area (Å²) in [7, 11) is 0. The standard InChI is InChI=1S/C18H16F3N3OS/c1-10(11-2-3-11)22-16(25)15-9-26-17-23-14(8-24(15)17)12-4-6-13(7-5-12)18(19,20)21/h4-11H,2-3H2,1H3,(H,22,25). The number of halogens is 3. The van der Waals surface area contributed by atoms with Gasteiger partial charge in [-0.1, -0.05) is 12.1 Å². The molecule has 1 aliphatic carbocycles. The molecule has 3 aromatic rings. The number of nitrogens with zero attached hydrogens (tertiary/aromatic N) is 2. The van der Waals surface area contributed by atoms with E-state index < -0.39 is 11.7 Å². The third kappa shape index (κ3) is 3.21. The summed E-state index contributed by atoms with van der Waals surface area (Å²) >= 11 is 1.33. The van der Waals surface area contributed by atoms with Crippen molar-refractivity contribution in [2.75, 3.05) is 0 Å². The van der Waals surface area contributed by atoms with Gasteiger partial charge in [0.15, 0.2) is 4.96 Å². The lowest BCUT2D eigenvalue weighted by Gasteiger charge is -2.11. The molecule has 2 aromatic heterocycles. The smallest absolute Gasteiger partial charge is 0.348 e. The van der Waals surface area contributed by atoms with E-state index in [0.29, 0.717) is 27.8 Å². The molecule has 2 heterocycles. The summed E-state index contributed by atoms with van der Waals surface area (Å²) in [6, 6.07) is 4.99. The van der Waals surface area contributed by atoms with Crippen LogP contribution in [0.3, 0.4) is 0 Å². The Bertz CT molecular complexity index is 954. The second kappa shape index (κ2) is 6.12. The number of alkyl halides is 3. The summed E-state index contributed by atoms with van der Waals surface area (Å²) in [4.78, 5) is 17.5. The molecule has 0 aliphatic heterocycles. The maximum absolute atomic E-state index is 12.7. The van der Waals surface area contributed by atoms with Crippen LogP contribution >= 0.6 is 11.3 Å². The summed E-state index contributed by atoms with van der Waals surface area (Å²) in [6.07, 6.45) is -0.394. The lowest BCUT2D eigenvalue weighted by atomic mass is 10.1. The van der Waals surface area contributed by atoms with Gasteiger partial charge < -0.3 is 5.32 Å². The molecule has 8 heteroatoms. The van der Waals surface area contributed by atoms with Gasteiger partial charge in [0.1, 0.15) is 5.69 Å². The number of carbonyl (C=O) groups excluding carboxylic acids is 1. The third-order valence-corrected chi connectivity index (χ3v) is 5.48. The maximum atomic E-state index is 12.7. The molecule has 26 heavy (non-hydrogen) atoms. The summed E-state index contributed by atoms with van der Waals surface area (Å²) in [6.45, 7) is 2.00. The summed E-state index contributed by atoms with van der Waals surface area (Å²) < 4.78 is 39.7. The monoisotopic (exact) mass is 379 g/mol. The highest BCUT2D eigenvalue weighted by atomic mass is 32.1. The van der Waals surface area contributed by atoms with Crippen LogP contribution in [0.4, 0.5) is 13.2 Å². The van der Waals surface area contributed by atoms with Gasteiger partial charge in [-0.05, 0) is 37.8 Å². The summed E-state index contributed by atoms with van der Waals surface area (Å²) in [5.41, 5.74) is 0.904. The molecule has 1 aliphatic rings. The molecular formula is C18H16F3N3OS. The van der Waals surface area contributed by atoms with Crippen molar-refractivity contribution >= 4 is 22.2 Å². The van der Waals surface area contributed by atoms with Crippen LogP contribution < -0.4 is 5.32 Å². The number of aromatic nitrogens is 2. The van der Waals surface area contributed by atoms with E-state index in [0.717, 1.165) is 25.0 Å². The topological polar surface area (TPSA) is 46.4 Å². The molecule has 1 fully saturated rings. The molecule has 1 atom stereocenters. The summed E-state index contributed by atoms with van der Waals surface area (Å²) in [5, 5.41) is 4.75. The Morgan fingerprint density at radius 1 is 1.31 bits per heavy atom. The Morgan fingerprint density at radius 3 is 2.62 bits per heavy atom. The number of nitrogens with one attached hydrogen (secondary N) is 1. The van der Waals surface area contributed by atoms with Gasteiger partial charge in [0, 0.05) is 23.2 Å². The Hall–Kier alpha value is -2.35. The molecule has 1 saturated carbocycles. The number of carbonyl (C=O) groups is 1. The van der Waals surface area contributed by atoms with Gasteiger partial charge in [0.25, 0.3) is 5.91 Å². The molecular weight excluding hydrogens is 363 g/mol. The highest BCUT2D eigenvalue weighted by Crippen LogP contribution is 2.33. The number of thiazole rings is 1. The largest absolute Gasteiger partial charge is 0.416 e. The van der Waals surface area contributed by atoms with E-state index in [1.165, 1.54) is 23.5 Å². The minimum atomic E-state index is -4.36. The van der Waals surface area contributed by atoms with Gasteiger partial charge in [0.2, 0.25) is 0 Å². The second-order valence-corrected chi connectivity index (χ2v) is 7.41. The zero-order valence-corrected chi connectivity index (χ0v) is 14.7. The number of hydrogen-bond acceptors (Lipinski definition) is 3. The van der Waals surface area contributed by atoms with E-state index in [1.807, 2.05) is 6.92 Å². The van der Waals surface area contributed by atoms with Crippen molar-refractivity contribution in [1.29, 1.82) is 0 Å². The molecule has 0 saturated heterocycles. The zero-order valence-electron chi connectivity index (χ0n) is 13.9. The highest BCUT2D eigenvalue weighted by Gasteiger charge is 2.31. The molecule has 0 spiro atoms. The number of amides is 1. The fraction of sp³-hybridized carbons (Fsp3) is 0.333. The van der Waals surface area contributed by atoms with Crippen LogP contribution in [0.2, 0.25) is 0 Å². The third-order valence-electron chi connectivity index (χ3n) is 4.64. The highest BCUT2D eigenvalue weighted by molar-refractivity contribution is 7.15. The fourth-order valence-electron chi connectivity index (χ4n) is 2.91. The number of benzene rings is 1. The first-order valence-electron chi connectivity index (χ1n) is 8.28. The molecule has 4 nitrogen and oxygen atoms in total. The molecule has 136 valence electrons. The van der Waals surface area contributed by atoms with Gasteiger partial charge >= 0.3 is 6.18 Å². The van der Waals surface area contributed by atoms with E-state index in [4.69, 9.17) is 0 Å². The van der Waals surface area contributed by atoms with Crippen LogP contribution in [0, 0.1) is 5.92 Å². The minimum absolute atomic E-state index is 0.135. The molecule has 0 bridgehead atoms. The quantitative estimate of drug-likeness (QED) is 0.720. The molecule has 1 amide bonds. The first-order valence-corrected chi connectivity index (χ1v) is 9.16. The Morgan fingerprint density at radius 2 is 2.00 bits per heavy atom. The molecule has 4 rings (SSSR count). The van der Waals surface area contributed by atoms with E-state index in [9.17, 15) is 18.0 Å². The Labute approximate surface area is 151 Å². The SMILES string of the molecule is CC(NC(=O)c1csc2nc(-c3ccc(C(F)(F)F)cc3)cn12)C1CC1. The van der Waals surface area contributed by atoms with Crippen molar-refractivity contribution in [2.24, 2.45) is 5.92 Å². The second-order valence-electron chi connectivity index (χ2n) is 6.57. The number of imidazole rings is 1. The van der Waals surface area contributed by atoms with Crippen molar-refractivity contribution in [1.82, 2.24) is 14.7 Å². The van der Waals surface area contributed by atoms with Gasteiger partial charge in [-0.15, -0.1) is 11.3 Å². The van der Waals surface area contributed by atoms with E-state index >= 15 is 0 Å². The van der Waals surface area contributed by atoms with Crippen LogP contribution in [0.15, 0.2) is 35.8 Å². The number of rotatable bonds is 4. The number of fused-ring (bicyclic) bond motifs is 1. The minimum Gasteiger partial charge on any atom is -0.348 e. The van der Waals surface area contributed by atoms with Crippen molar-refractivity contribution in [2.45, 2.75) is 32.0 Å². The van der Waals surface area contributed by atoms with Crippen LogP contribution in [-0.4, -0.2) is 21.3 Å². The molecule has 1 unspecified atom stereocenters. The first-order chi connectivity index (χ1) is 12.3. The predicted octanol–water partition coefficient (Wildman–Crippen LogP) is 4.61. The zero-order chi connectivity index (χ0) is 18.5. The normalized spacial score (nSPS) is 16.0. The average Bonchev–Trinajstić information content (AvgIpc) is 3.24. The van der Waals surface area contributed by atoms with E-state index in [2.05, 4.69) is 10.3 Å². The molecule has 0 radical (unpaired) electrons. The average molecular weight is 379 g/mol. The van der Waals surface area contributed by atoms with Crippen molar-refractivity contribution in [3.8, 4) is 11.3 Å². The van der Waals surface area contributed by atoms with Gasteiger partial charge in [-0.25, -0.2) is 4.98 Å². The van der Waals surface area contributed by atoms with Crippen molar-refractivity contribution in [3.05, 3.63) is 47.1 Å². The van der Waals surface area contributed by atoms with Crippen LogP contribution in [0.1, 0.15) is 35.8 Å². The van der Waals surface area contributed by atoms with E-state index in [-0.39, 0.29) is 11.9 Å². The van der Waals surface area contributed by atoms with Gasteiger partial charge in [-0.3, -0.25) is 9.20 Å². The summed E-state index contributed by atoms with van der Waals surface area (Å²) in [5.74, 6) is 0.394. The van der Waals surface area contributed by atoms with Crippen molar-refractivity contribution < 1.29 is 18.0 Å². The lowest BCUT2D eigenvalue weighted by molar-refractivity contribution is -0.137. The lowest BCUT2D eigenvalue weighted by Crippen LogP contribution is -2.34. The van der Waals surface area contributed by atoms with Gasteiger partial charge in [0.05, 0.1) is 11.3 Å². The Kier molecular flexibility index (Phi) is 4.02. The van der Waals surface area contributed by atoms with Crippen molar-refractivity contribution in [3.63, 3.8) is 0 Å².